The van der Waals surface area contributed by atoms with Gasteiger partial charge in [-0.1, -0.05) is 31.9 Å². The van der Waals surface area contributed by atoms with E-state index in [-0.39, 0.29) is 6.42 Å². The quantitative estimate of drug-likeness (QED) is 0.369. The summed E-state index contributed by atoms with van der Waals surface area (Å²) in [7, 11) is 0. The lowest BCUT2D eigenvalue weighted by atomic mass is 10.1. The number of carbonyl (C=O) groups is 2. The molecule has 0 aromatic heterocycles. The number of aldehydes is 1. The molecule has 0 rings (SSSR count). The van der Waals surface area contributed by atoms with Gasteiger partial charge in [-0.3, -0.25) is 0 Å². The SMILES string of the molecule is CCCCC=CC(N)C(CC=O)OC(N)=O. The fourth-order valence-electron chi connectivity index (χ4n) is 1.23. The van der Waals surface area contributed by atoms with Crippen molar-refractivity contribution < 1.29 is 14.3 Å². The summed E-state index contributed by atoms with van der Waals surface area (Å²) < 4.78 is 4.74. The maximum Gasteiger partial charge on any atom is 0.404 e. The Morgan fingerprint density at radius 3 is 2.69 bits per heavy atom. The third-order valence-electron chi connectivity index (χ3n) is 2.11. The molecule has 92 valence electrons. The average molecular weight is 228 g/mol. The Hall–Kier alpha value is -1.36. The molecule has 5 heteroatoms. The third kappa shape index (κ3) is 7.00. The molecule has 0 spiro atoms. The standard InChI is InChI=1S/C11H20N2O3/c1-2-3-4-5-6-9(12)10(7-8-14)16-11(13)15/h5-6,8-10H,2-4,7,12H2,1H3,(H2,13,15). The van der Waals surface area contributed by atoms with Gasteiger partial charge < -0.3 is 21.0 Å². The second kappa shape index (κ2) is 8.91. The molecule has 4 N–H and O–H groups in total. The number of ether oxygens (including phenoxy) is 1. The smallest absolute Gasteiger partial charge is 0.404 e. The first kappa shape index (κ1) is 14.6. The summed E-state index contributed by atoms with van der Waals surface area (Å²) in [6.07, 6.45) is 5.91. The minimum atomic E-state index is -0.913. The van der Waals surface area contributed by atoms with E-state index >= 15 is 0 Å². The van der Waals surface area contributed by atoms with Gasteiger partial charge in [-0.05, 0) is 6.42 Å². The minimum absolute atomic E-state index is 0.0578. The van der Waals surface area contributed by atoms with E-state index in [2.05, 4.69) is 6.92 Å². The molecule has 2 atom stereocenters. The zero-order chi connectivity index (χ0) is 12.4. The number of hydrogen-bond acceptors (Lipinski definition) is 4. The lowest BCUT2D eigenvalue weighted by molar-refractivity contribution is -0.109. The maximum atomic E-state index is 10.6. The Morgan fingerprint density at radius 2 is 2.19 bits per heavy atom. The van der Waals surface area contributed by atoms with Crippen molar-refractivity contribution in [2.45, 2.75) is 44.8 Å². The van der Waals surface area contributed by atoms with E-state index in [1.165, 1.54) is 0 Å². The summed E-state index contributed by atoms with van der Waals surface area (Å²) in [5.41, 5.74) is 10.6. The van der Waals surface area contributed by atoms with Crippen molar-refractivity contribution in [3.8, 4) is 0 Å². The Morgan fingerprint density at radius 1 is 1.50 bits per heavy atom. The fourth-order valence-corrected chi connectivity index (χ4v) is 1.23. The van der Waals surface area contributed by atoms with Gasteiger partial charge in [0.1, 0.15) is 12.4 Å². The van der Waals surface area contributed by atoms with Gasteiger partial charge in [0.2, 0.25) is 0 Å². The average Bonchev–Trinajstić information content (AvgIpc) is 2.23. The summed E-state index contributed by atoms with van der Waals surface area (Å²) in [6, 6.07) is -0.491. The van der Waals surface area contributed by atoms with Crippen LogP contribution in [0.15, 0.2) is 12.2 Å². The molecule has 0 aromatic rings. The predicted octanol–water partition coefficient (Wildman–Crippen LogP) is 1.11. The summed E-state index contributed by atoms with van der Waals surface area (Å²) in [5.74, 6) is 0. The molecule has 2 unspecified atom stereocenters. The van der Waals surface area contributed by atoms with Crippen molar-refractivity contribution in [3.05, 3.63) is 12.2 Å². The Labute approximate surface area is 95.8 Å². The van der Waals surface area contributed by atoms with Crippen LogP contribution >= 0.6 is 0 Å². The second-order valence-corrected chi connectivity index (χ2v) is 3.53. The van der Waals surface area contributed by atoms with Crippen LogP contribution in [0.1, 0.15) is 32.6 Å². The number of hydrogen-bond donors (Lipinski definition) is 2. The minimum Gasteiger partial charge on any atom is -0.444 e. The molecule has 0 heterocycles. The lowest BCUT2D eigenvalue weighted by Crippen LogP contribution is -2.38. The van der Waals surface area contributed by atoms with Crippen molar-refractivity contribution in [2.75, 3.05) is 0 Å². The number of unbranched alkanes of at least 4 members (excludes halogenated alkanes) is 2. The first-order valence-corrected chi connectivity index (χ1v) is 5.43. The van der Waals surface area contributed by atoms with E-state index < -0.39 is 18.2 Å². The highest BCUT2D eigenvalue weighted by Gasteiger charge is 2.18. The van der Waals surface area contributed by atoms with Crippen molar-refractivity contribution >= 4 is 12.4 Å². The van der Waals surface area contributed by atoms with Crippen LogP contribution in [0.3, 0.4) is 0 Å². The highest BCUT2D eigenvalue weighted by molar-refractivity contribution is 5.65. The van der Waals surface area contributed by atoms with Gasteiger partial charge in [0.05, 0.1) is 6.04 Å². The van der Waals surface area contributed by atoms with Crippen molar-refractivity contribution in [1.82, 2.24) is 0 Å². The third-order valence-corrected chi connectivity index (χ3v) is 2.11. The molecule has 0 saturated heterocycles. The van der Waals surface area contributed by atoms with Gasteiger partial charge in [0, 0.05) is 6.42 Å². The van der Waals surface area contributed by atoms with Crippen LogP contribution in [0.25, 0.3) is 0 Å². The number of carbonyl (C=O) groups excluding carboxylic acids is 2. The van der Waals surface area contributed by atoms with Crippen molar-refractivity contribution in [2.24, 2.45) is 11.5 Å². The Kier molecular flexibility index (Phi) is 8.15. The van der Waals surface area contributed by atoms with E-state index in [1.807, 2.05) is 6.08 Å². The van der Waals surface area contributed by atoms with E-state index in [4.69, 9.17) is 16.2 Å². The second-order valence-electron chi connectivity index (χ2n) is 3.53. The lowest BCUT2D eigenvalue weighted by Gasteiger charge is -2.18. The number of primary amides is 1. The molecule has 0 bridgehead atoms. The molecule has 0 radical (unpaired) electrons. The number of nitrogens with two attached hydrogens (primary N) is 2. The largest absolute Gasteiger partial charge is 0.444 e. The highest BCUT2D eigenvalue weighted by atomic mass is 16.6. The zero-order valence-corrected chi connectivity index (χ0v) is 9.59. The Bertz CT molecular complexity index is 241. The highest BCUT2D eigenvalue weighted by Crippen LogP contribution is 2.04. The zero-order valence-electron chi connectivity index (χ0n) is 9.59. The summed E-state index contributed by atoms with van der Waals surface area (Å²) in [6.45, 7) is 2.10. The summed E-state index contributed by atoms with van der Waals surface area (Å²) >= 11 is 0. The van der Waals surface area contributed by atoms with E-state index in [9.17, 15) is 9.59 Å². The van der Waals surface area contributed by atoms with Crippen LogP contribution in [-0.2, 0) is 9.53 Å². The van der Waals surface area contributed by atoms with Gasteiger partial charge in [-0.2, -0.15) is 0 Å². The molecule has 0 fully saturated rings. The molecule has 16 heavy (non-hydrogen) atoms. The van der Waals surface area contributed by atoms with Gasteiger partial charge in [0.25, 0.3) is 0 Å². The van der Waals surface area contributed by atoms with E-state index in [0.717, 1.165) is 19.3 Å². The molecule has 0 aliphatic carbocycles. The first-order chi connectivity index (χ1) is 7.61. The molecule has 0 aromatic carbocycles. The molecule has 0 aliphatic heterocycles. The number of allylic oxidation sites excluding steroid dienone is 1. The number of amides is 1. The fraction of sp³-hybridized carbons (Fsp3) is 0.636. The van der Waals surface area contributed by atoms with Crippen molar-refractivity contribution in [3.63, 3.8) is 0 Å². The predicted molar refractivity (Wildman–Crippen MR) is 61.8 cm³/mol. The van der Waals surface area contributed by atoms with Gasteiger partial charge in [-0.25, -0.2) is 4.79 Å². The molecule has 5 nitrogen and oxygen atoms in total. The molecule has 0 saturated carbocycles. The monoisotopic (exact) mass is 228 g/mol. The molecular formula is C11H20N2O3. The van der Waals surface area contributed by atoms with Crippen LogP contribution < -0.4 is 11.5 Å². The van der Waals surface area contributed by atoms with Gasteiger partial charge in [0.15, 0.2) is 0 Å². The Balaban J connectivity index is 4.14. The van der Waals surface area contributed by atoms with Crippen LogP contribution in [0.2, 0.25) is 0 Å². The first-order valence-electron chi connectivity index (χ1n) is 5.43. The van der Waals surface area contributed by atoms with Crippen LogP contribution in [0, 0.1) is 0 Å². The summed E-state index contributed by atoms with van der Waals surface area (Å²) in [5, 5.41) is 0. The van der Waals surface area contributed by atoms with Gasteiger partial charge in [-0.15, -0.1) is 0 Å². The molecule has 0 aliphatic rings. The molecule has 1 amide bonds. The van der Waals surface area contributed by atoms with Crippen molar-refractivity contribution in [1.29, 1.82) is 0 Å². The van der Waals surface area contributed by atoms with Crippen LogP contribution in [0.5, 0.6) is 0 Å². The molecular weight excluding hydrogens is 208 g/mol. The number of rotatable bonds is 8. The van der Waals surface area contributed by atoms with Gasteiger partial charge >= 0.3 is 6.09 Å². The summed E-state index contributed by atoms with van der Waals surface area (Å²) in [4.78, 5) is 20.9. The van der Waals surface area contributed by atoms with E-state index in [0.29, 0.717) is 6.29 Å². The maximum absolute atomic E-state index is 10.6. The van der Waals surface area contributed by atoms with Crippen LogP contribution in [0.4, 0.5) is 4.79 Å². The van der Waals surface area contributed by atoms with E-state index in [1.54, 1.807) is 6.08 Å². The normalized spacial score (nSPS) is 14.6. The van der Waals surface area contributed by atoms with Crippen LogP contribution in [-0.4, -0.2) is 24.5 Å². The topological polar surface area (TPSA) is 95.4 Å².